The van der Waals surface area contributed by atoms with Crippen LogP contribution in [0.2, 0.25) is 0 Å². The Balaban J connectivity index is 5.87. The van der Waals surface area contributed by atoms with Crippen molar-refractivity contribution in [3.63, 3.8) is 0 Å². The Morgan fingerprint density at radius 3 is 0.851 bits per heavy atom. The lowest BCUT2D eigenvalue weighted by Gasteiger charge is -2.23. The minimum absolute atomic E-state index is 0.0266. The monoisotopic (exact) mass is 1700 g/mol. The highest BCUT2D eigenvalue weighted by Crippen LogP contribution is 2.16. The van der Waals surface area contributed by atoms with Gasteiger partial charge in [-0.1, -0.05) is 260 Å². The van der Waals surface area contributed by atoms with Crippen LogP contribution in [0.5, 0.6) is 0 Å². The third-order valence-electron chi connectivity index (χ3n) is 20.8. The molecular formula is C101H175N5O15. The lowest BCUT2D eigenvalue weighted by molar-refractivity contribution is -0.148. The van der Waals surface area contributed by atoms with E-state index >= 15 is 0 Å². The van der Waals surface area contributed by atoms with Gasteiger partial charge in [0.1, 0.15) is 32.5 Å². The van der Waals surface area contributed by atoms with Crippen molar-refractivity contribution >= 4 is 53.4 Å². The van der Waals surface area contributed by atoms with Crippen LogP contribution in [-0.4, -0.2) is 161 Å². The summed E-state index contributed by atoms with van der Waals surface area (Å²) < 4.78 is 33.6. The van der Waals surface area contributed by atoms with E-state index in [0.717, 1.165) is 186 Å². The highest BCUT2D eigenvalue weighted by atomic mass is 16.5. The van der Waals surface area contributed by atoms with E-state index in [2.05, 4.69) is 141 Å². The summed E-state index contributed by atoms with van der Waals surface area (Å²) in [5.41, 5.74) is 0. The molecule has 0 aliphatic rings. The van der Waals surface area contributed by atoms with Gasteiger partial charge < -0.3 is 54.2 Å². The number of hydrogen-bond donors (Lipinski definition) is 3. The maximum Gasteiger partial charge on any atom is 0.305 e. The van der Waals surface area contributed by atoms with Gasteiger partial charge in [-0.05, 0) is 180 Å². The first kappa shape index (κ1) is 114. The quantitative estimate of drug-likeness (QED) is 0.0222. The second-order valence-corrected chi connectivity index (χ2v) is 32.0. The Labute approximate surface area is 736 Å². The van der Waals surface area contributed by atoms with E-state index in [1.165, 1.54) is 86.8 Å². The van der Waals surface area contributed by atoms with Gasteiger partial charge in [-0.15, -0.1) is 0 Å². The van der Waals surface area contributed by atoms with Gasteiger partial charge >= 0.3 is 23.9 Å². The first-order valence-corrected chi connectivity index (χ1v) is 48.7. The number of hydrogen-bond acceptors (Lipinski definition) is 15. The average Bonchev–Trinajstić information content (AvgIpc) is 0.907. The Hall–Kier alpha value is -6.93. The van der Waals surface area contributed by atoms with Crippen LogP contribution in [0.25, 0.3) is 0 Å². The summed E-state index contributed by atoms with van der Waals surface area (Å²) in [4.78, 5) is 123. The standard InChI is InChI=1S/C101H175N5O15/c1-6-11-15-19-23-27-31-35-39-43-47-51-55-59-63-70-97(111)118-86-80-105(81-87-119-98(112)71-64-60-56-52-48-44-40-36-32-28-24-20-16-12-7-2)95(109)76-74-93(107)102-78-67-69-92(101(115)103-79-68-85-117-91-90-116-84-10-5)104-94(108)75-77-96(110)106(82-88-120-99(113)72-65-61-57-53-49-45-41-37-33-29-25-21-17-13-8-3)83-89-121-100(114)73-66-62-58-54-50-46-42-38-34-30-26-22-18-14-9-4/h23-30,35-42,92H,6-22,31-34,43-91H2,1-5H3,(H,102,107)(H,103,115)(H,104,108)/b27-23-,28-24-,29-25-,30-26-,39-35-,40-36-,41-37-,42-38-. The molecule has 5 amide bonds. The summed E-state index contributed by atoms with van der Waals surface area (Å²) in [5, 5.41) is 8.56. The van der Waals surface area contributed by atoms with Crippen molar-refractivity contribution < 1.29 is 71.6 Å². The van der Waals surface area contributed by atoms with Gasteiger partial charge in [-0.3, -0.25) is 43.2 Å². The molecule has 0 spiro atoms. The SMILES string of the molecule is CCCCC/C=C\C/C=C\CCCCCCCC(=O)OCCN(CCOC(=O)CCCCCCC/C=C\C/C=C\CCCCC)C(=O)CCC(=O)NCCCC(NC(=O)CCC(=O)N(CCOC(=O)CCCCCCC/C=C\C/C=C\CCCCC)CCOC(=O)CCCCCCC/C=C\C/C=C\CCCCC)C(=O)NCCCOCCOCCC. The molecule has 0 fully saturated rings. The summed E-state index contributed by atoms with van der Waals surface area (Å²) in [6, 6.07) is -1.03. The number of unbranched alkanes of at least 4 members (excludes halogenated alkanes) is 32. The smallest absolute Gasteiger partial charge is 0.305 e. The number of carbonyl (C=O) groups is 9. The molecule has 121 heavy (non-hydrogen) atoms. The molecular weight excluding hydrogens is 1520 g/mol. The highest BCUT2D eigenvalue weighted by Gasteiger charge is 2.24. The molecule has 0 aliphatic carbocycles. The maximum absolute atomic E-state index is 14.0. The third-order valence-corrected chi connectivity index (χ3v) is 20.8. The van der Waals surface area contributed by atoms with E-state index < -0.39 is 29.7 Å². The molecule has 0 bridgehead atoms. The zero-order chi connectivity index (χ0) is 88.1. The van der Waals surface area contributed by atoms with Gasteiger partial charge in [0.25, 0.3) is 0 Å². The average molecular weight is 1700 g/mol. The van der Waals surface area contributed by atoms with Crippen molar-refractivity contribution in [3.05, 3.63) is 97.2 Å². The minimum atomic E-state index is -1.03. The number of nitrogens with one attached hydrogen (secondary N) is 3. The fourth-order valence-electron chi connectivity index (χ4n) is 13.3. The predicted octanol–water partition coefficient (Wildman–Crippen LogP) is 23.0. The van der Waals surface area contributed by atoms with Crippen LogP contribution >= 0.6 is 0 Å². The molecule has 0 heterocycles. The van der Waals surface area contributed by atoms with Crippen LogP contribution in [0.15, 0.2) is 97.2 Å². The fourth-order valence-corrected chi connectivity index (χ4v) is 13.3. The van der Waals surface area contributed by atoms with Crippen LogP contribution in [0.1, 0.15) is 394 Å². The summed E-state index contributed by atoms with van der Waals surface area (Å²) >= 11 is 0. The van der Waals surface area contributed by atoms with E-state index in [4.69, 9.17) is 28.4 Å². The van der Waals surface area contributed by atoms with Gasteiger partial charge in [0.15, 0.2) is 0 Å². The number of carbonyl (C=O) groups excluding carboxylic acids is 9. The summed E-state index contributed by atoms with van der Waals surface area (Å²) in [5.74, 6) is -3.61. The lowest BCUT2D eigenvalue weighted by atomic mass is 10.1. The molecule has 0 rings (SSSR count). The second kappa shape index (κ2) is 92.3. The Bertz CT molecular complexity index is 2630. The van der Waals surface area contributed by atoms with Gasteiger partial charge in [0.2, 0.25) is 29.5 Å². The molecule has 0 aromatic heterocycles. The molecule has 3 N–H and O–H groups in total. The molecule has 1 atom stereocenters. The number of allylic oxidation sites excluding steroid dienone is 16. The molecule has 20 nitrogen and oxygen atoms in total. The van der Waals surface area contributed by atoms with Crippen LogP contribution < -0.4 is 16.0 Å². The van der Waals surface area contributed by atoms with Gasteiger partial charge in [0, 0.05) is 77.7 Å². The Morgan fingerprint density at radius 2 is 0.537 bits per heavy atom. The zero-order valence-corrected chi connectivity index (χ0v) is 77.3. The molecule has 694 valence electrons. The largest absolute Gasteiger partial charge is 0.464 e. The van der Waals surface area contributed by atoms with Crippen molar-refractivity contribution in [2.75, 3.05) is 92.1 Å². The molecule has 0 aliphatic heterocycles. The third kappa shape index (κ3) is 83.7. The van der Waals surface area contributed by atoms with E-state index in [-0.39, 0.29) is 160 Å². The second-order valence-electron chi connectivity index (χ2n) is 32.0. The topological polar surface area (TPSA) is 252 Å². The molecule has 1 unspecified atom stereocenters. The molecule has 0 aromatic rings. The van der Waals surface area contributed by atoms with E-state index in [1.54, 1.807) is 0 Å². The number of rotatable bonds is 89. The summed E-state index contributed by atoms with van der Waals surface area (Å²) in [6.45, 7) is 13.1. The Kier molecular flexibility index (Phi) is 87.0. The van der Waals surface area contributed by atoms with Crippen LogP contribution in [0.4, 0.5) is 0 Å². The first-order valence-electron chi connectivity index (χ1n) is 48.7. The van der Waals surface area contributed by atoms with Crippen molar-refractivity contribution in [1.29, 1.82) is 0 Å². The number of ether oxygens (including phenoxy) is 6. The lowest BCUT2D eigenvalue weighted by Crippen LogP contribution is -2.47. The van der Waals surface area contributed by atoms with Crippen molar-refractivity contribution in [3.8, 4) is 0 Å². The van der Waals surface area contributed by atoms with Gasteiger partial charge in [-0.2, -0.15) is 0 Å². The number of nitrogens with zero attached hydrogens (tertiary/aromatic N) is 2. The van der Waals surface area contributed by atoms with E-state index in [9.17, 15) is 43.2 Å². The molecule has 0 saturated carbocycles. The zero-order valence-electron chi connectivity index (χ0n) is 77.3. The van der Waals surface area contributed by atoms with E-state index in [1.807, 2.05) is 6.92 Å². The fraction of sp³-hybridized carbons (Fsp3) is 0.752. The van der Waals surface area contributed by atoms with E-state index in [0.29, 0.717) is 58.5 Å². The normalized spacial score (nSPS) is 12.1. The van der Waals surface area contributed by atoms with Crippen molar-refractivity contribution in [1.82, 2.24) is 25.8 Å². The number of amides is 5. The van der Waals surface area contributed by atoms with Gasteiger partial charge in [-0.25, -0.2) is 0 Å². The number of esters is 4. The Morgan fingerprint density at radius 1 is 0.256 bits per heavy atom. The van der Waals surface area contributed by atoms with Crippen molar-refractivity contribution in [2.24, 2.45) is 0 Å². The molecule has 0 radical (unpaired) electrons. The highest BCUT2D eigenvalue weighted by molar-refractivity contribution is 5.89. The van der Waals surface area contributed by atoms with Crippen LogP contribution in [0.3, 0.4) is 0 Å². The van der Waals surface area contributed by atoms with Crippen LogP contribution in [-0.2, 0) is 71.6 Å². The minimum Gasteiger partial charge on any atom is -0.464 e. The predicted molar refractivity (Wildman–Crippen MR) is 497 cm³/mol. The van der Waals surface area contributed by atoms with Crippen LogP contribution in [0, 0.1) is 0 Å². The summed E-state index contributed by atoms with van der Waals surface area (Å²) in [7, 11) is 0. The maximum atomic E-state index is 14.0. The van der Waals surface area contributed by atoms with Crippen molar-refractivity contribution in [2.45, 2.75) is 400 Å². The van der Waals surface area contributed by atoms with Gasteiger partial charge in [0.05, 0.1) is 39.4 Å². The summed E-state index contributed by atoms with van der Waals surface area (Å²) in [6.07, 6.45) is 84.9. The molecule has 20 heteroatoms. The first-order chi connectivity index (χ1) is 59.3. The molecule has 0 aromatic carbocycles. The molecule has 0 saturated heterocycles.